The van der Waals surface area contributed by atoms with Crippen LogP contribution in [0.1, 0.15) is 12.5 Å². The van der Waals surface area contributed by atoms with Crippen LogP contribution in [0.4, 0.5) is 0 Å². The molecule has 0 saturated carbocycles. The van der Waals surface area contributed by atoms with Gasteiger partial charge in [-0.1, -0.05) is 12.1 Å². The van der Waals surface area contributed by atoms with Gasteiger partial charge in [-0.25, -0.2) is 13.1 Å². The van der Waals surface area contributed by atoms with Gasteiger partial charge in [0.15, 0.2) is 5.96 Å². The average molecular weight is 486 g/mol. The minimum atomic E-state index is -3.17. The Labute approximate surface area is 166 Å². The lowest BCUT2D eigenvalue weighted by Gasteiger charge is -2.22. The van der Waals surface area contributed by atoms with E-state index in [4.69, 9.17) is 0 Å². The van der Waals surface area contributed by atoms with E-state index >= 15 is 0 Å². The van der Waals surface area contributed by atoms with Gasteiger partial charge in [-0.05, 0) is 30.9 Å². The van der Waals surface area contributed by atoms with E-state index in [0.717, 1.165) is 25.3 Å². The van der Waals surface area contributed by atoms with E-state index in [1.54, 1.807) is 11.8 Å². The summed E-state index contributed by atoms with van der Waals surface area (Å²) in [7, 11) is -1.20. The van der Waals surface area contributed by atoms with Gasteiger partial charge in [0.1, 0.15) is 0 Å². The second-order valence-electron chi connectivity index (χ2n) is 5.11. The number of thioether (sulfide) groups is 1. The van der Waals surface area contributed by atoms with Gasteiger partial charge in [-0.3, -0.25) is 4.99 Å². The second-order valence-corrected chi connectivity index (χ2v) is 7.82. The molecule has 0 fully saturated rings. The summed E-state index contributed by atoms with van der Waals surface area (Å²) in [4.78, 5) is 7.71. The molecule has 0 saturated heterocycles. The van der Waals surface area contributed by atoms with E-state index in [0.29, 0.717) is 13.1 Å². The smallest absolute Gasteiger partial charge is 0.208 e. The van der Waals surface area contributed by atoms with Crippen LogP contribution in [-0.4, -0.2) is 58.5 Å². The lowest BCUT2D eigenvalue weighted by molar-refractivity contribution is 0.477. The number of guanidine groups is 1. The first kappa shape index (κ1) is 23.5. The number of nitrogens with zero attached hydrogens (tertiary/aromatic N) is 2. The average Bonchev–Trinajstić information content (AvgIpc) is 2.50. The molecule has 0 heterocycles. The topological polar surface area (TPSA) is 73.8 Å². The van der Waals surface area contributed by atoms with Crippen LogP contribution in [0.3, 0.4) is 0 Å². The molecule has 0 aliphatic heterocycles. The lowest BCUT2D eigenvalue weighted by atomic mass is 10.2. The quantitative estimate of drug-likeness (QED) is 0.193. The van der Waals surface area contributed by atoms with Crippen molar-refractivity contribution in [3.8, 4) is 0 Å². The second kappa shape index (κ2) is 11.9. The molecule has 9 heteroatoms. The van der Waals surface area contributed by atoms with E-state index in [9.17, 15) is 8.42 Å². The predicted molar refractivity (Wildman–Crippen MR) is 114 cm³/mol. The third-order valence-electron chi connectivity index (χ3n) is 3.01. The van der Waals surface area contributed by atoms with Crippen LogP contribution in [0.5, 0.6) is 0 Å². The summed E-state index contributed by atoms with van der Waals surface area (Å²) in [5.74, 6) is 0.761. The summed E-state index contributed by atoms with van der Waals surface area (Å²) in [6, 6.07) is 8.43. The van der Waals surface area contributed by atoms with Gasteiger partial charge in [0, 0.05) is 31.6 Å². The van der Waals surface area contributed by atoms with E-state index in [-0.39, 0.29) is 24.0 Å². The monoisotopic (exact) mass is 486 g/mol. The highest BCUT2D eigenvalue weighted by Crippen LogP contribution is 2.15. The number of benzene rings is 1. The molecule has 24 heavy (non-hydrogen) atoms. The summed E-state index contributed by atoms with van der Waals surface area (Å²) < 4.78 is 24.5. The maximum absolute atomic E-state index is 11.0. The van der Waals surface area contributed by atoms with Gasteiger partial charge in [0.25, 0.3) is 0 Å². The first-order valence-electron chi connectivity index (χ1n) is 7.42. The van der Waals surface area contributed by atoms with E-state index < -0.39 is 10.0 Å². The molecule has 0 spiro atoms. The van der Waals surface area contributed by atoms with Crippen molar-refractivity contribution in [3.63, 3.8) is 0 Å². The van der Waals surface area contributed by atoms with Crippen molar-refractivity contribution < 1.29 is 8.42 Å². The maximum Gasteiger partial charge on any atom is 0.208 e. The van der Waals surface area contributed by atoms with Crippen molar-refractivity contribution in [2.45, 2.75) is 18.4 Å². The number of hydrogen-bond acceptors (Lipinski definition) is 4. The molecule has 0 unspecified atom stereocenters. The largest absolute Gasteiger partial charge is 0.357 e. The molecular weight excluding hydrogens is 459 g/mol. The van der Waals surface area contributed by atoms with E-state index in [2.05, 4.69) is 45.6 Å². The van der Waals surface area contributed by atoms with Gasteiger partial charge in [0.05, 0.1) is 12.8 Å². The molecule has 0 radical (unpaired) electrons. The van der Waals surface area contributed by atoms with Crippen LogP contribution < -0.4 is 10.0 Å². The number of sulfonamides is 1. The highest BCUT2D eigenvalue weighted by molar-refractivity contribution is 14.0. The Morgan fingerprint density at radius 3 is 2.42 bits per heavy atom. The van der Waals surface area contributed by atoms with Gasteiger partial charge in [0.2, 0.25) is 10.0 Å². The van der Waals surface area contributed by atoms with Crippen molar-refractivity contribution in [2.75, 3.05) is 39.2 Å². The fraction of sp³-hybridized carbons (Fsp3) is 0.533. The van der Waals surface area contributed by atoms with Crippen molar-refractivity contribution in [1.82, 2.24) is 14.9 Å². The molecule has 2 N–H and O–H groups in total. The number of halogens is 1. The SMILES string of the molecule is CCNC(=NCCNS(C)(=O)=O)N(C)Cc1ccc(SC)cc1.I. The first-order valence-corrected chi connectivity index (χ1v) is 10.5. The van der Waals surface area contributed by atoms with Crippen molar-refractivity contribution in [1.29, 1.82) is 0 Å². The number of rotatable bonds is 8. The molecule has 0 aliphatic carbocycles. The van der Waals surface area contributed by atoms with Crippen molar-refractivity contribution in [2.24, 2.45) is 4.99 Å². The van der Waals surface area contributed by atoms with E-state index in [1.807, 2.05) is 18.9 Å². The lowest BCUT2D eigenvalue weighted by Crippen LogP contribution is -2.39. The molecule has 0 atom stereocenters. The molecule has 1 aromatic carbocycles. The van der Waals surface area contributed by atoms with Gasteiger partial charge in [-0.15, -0.1) is 35.7 Å². The molecule has 138 valence electrons. The van der Waals surface area contributed by atoms with Crippen LogP contribution in [0.2, 0.25) is 0 Å². The standard InChI is InChI=1S/C15H26N4O2S2.HI/c1-5-16-15(17-10-11-18-23(4,20)21)19(2)12-13-6-8-14(22-3)9-7-13;/h6-9,18H,5,10-12H2,1-4H3,(H,16,17);1H. The Morgan fingerprint density at radius 1 is 1.29 bits per heavy atom. The Balaban J connectivity index is 0.00000529. The molecule has 0 amide bonds. The van der Waals surface area contributed by atoms with Gasteiger partial charge < -0.3 is 10.2 Å². The highest BCUT2D eigenvalue weighted by atomic mass is 127. The fourth-order valence-corrected chi connectivity index (χ4v) is 2.81. The van der Waals surface area contributed by atoms with Crippen molar-refractivity contribution >= 4 is 51.7 Å². The zero-order valence-corrected chi connectivity index (χ0v) is 18.5. The summed E-state index contributed by atoms with van der Waals surface area (Å²) in [5.41, 5.74) is 1.20. The Kier molecular flexibility index (Phi) is 11.7. The molecule has 0 aliphatic rings. The molecule has 6 nitrogen and oxygen atoms in total. The zero-order chi connectivity index (χ0) is 17.3. The van der Waals surface area contributed by atoms with Crippen LogP contribution in [0.25, 0.3) is 0 Å². The molecule has 0 aromatic heterocycles. The van der Waals surface area contributed by atoms with Gasteiger partial charge >= 0.3 is 0 Å². The fourth-order valence-electron chi connectivity index (χ4n) is 1.94. The van der Waals surface area contributed by atoms with Crippen LogP contribution in [0, 0.1) is 0 Å². The minimum Gasteiger partial charge on any atom is -0.357 e. The van der Waals surface area contributed by atoms with Crippen LogP contribution in [-0.2, 0) is 16.6 Å². The Bertz CT molecular complexity index is 606. The summed E-state index contributed by atoms with van der Waals surface area (Å²) in [6.45, 7) is 4.19. The first-order chi connectivity index (χ1) is 10.9. The molecule has 1 aromatic rings. The summed E-state index contributed by atoms with van der Waals surface area (Å²) in [6.07, 6.45) is 3.20. The molecule has 0 bridgehead atoms. The number of hydrogen-bond donors (Lipinski definition) is 2. The summed E-state index contributed by atoms with van der Waals surface area (Å²) >= 11 is 1.72. The summed E-state index contributed by atoms with van der Waals surface area (Å²) in [5, 5.41) is 3.22. The highest BCUT2D eigenvalue weighted by Gasteiger charge is 2.07. The number of nitrogens with one attached hydrogen (secondary N) is 2. The normalized spacial score (nSPS) is 11.8. The number of aliphatic imine (C=N–C) groups is 1. The maximum atomic E-state index is 11.0. The minimum absolute atomic E-state index is 0. The van der Waals surface area contributed by atoms with E-state index in [1.165, 1.54) is 10.5 Å². The van der Waals surface area contributed by atoms with Gasteiger partial charge in [-0.2, -0.15) is 0 Å². The third-order valence-corrected chi connectivity index (χ3v) is 4.48. The van der Waals surface area contributed by atoms with Crippen LogP contribution in [0.15, 0.2) is 34.2 Å². The Morgan fingerprint density at radius 2 is 1.92 bits per heavy atom. The van der Waals surface area contributed by atoms with Crippen LogP contribution >= 0.6 is 35.7 Å². The predicted octanol–water partition coefficient (Wildman–Crippen LogP) is 1.97. The zero-order valence-electron chi connectivity index (χ0n) is 14.6. The molecule has 1 rings (SSSR count). The Hall–Kier alpha value is -0.520. The molecular formula is C15H27IN4O2S2. The third kappa shape index (κ3) is 9.70. The van der Waals surface area contributed by atoms with Crippen molar-refractivity contribution in [3.05, 3.63) is 29.8 Å².